The summed E-state index contributed by atoms with van der Waals surface area (Å²) in [7, 11) is -1.53. The van der Waals surface area contributed by atoms with Gasteiger partial charge in [0.15, 0.2) is 5.96 Å². The number of benzene rings is 1. The average Bonchev–Trinajstić information content (AvgIpc) is 2.72. The number of nitrogens with one attached hydrogen (secondary N) is 2. The Morgan fingerprint density at radius 2 is 2.07 bits per heavy atom. The molecule has 28 heavy (non-hydrogen) atoms. The number of methoxy groups -OCH3 is 1. The fourth-order valence-corrected chi connectivity index (χ4v) is 4.24. The van der Waals surface area contributed by atoms with E-state index in [0.717, 1.165) is 18.4 Å². The zero-order chi connectivity index (χ0) is 20.6. The maximum absolute atomic E-state index is 12.0. The van der Waals surface area contributed by atoms with E-state index in [4.69, 9.17) is 4.74 Å². The normalized spacial score (nSPS) is 17.9. The van der Waals surface area contributed by atoms with Crippen molar-refractivity contribution < 1.29 is 18.3 Å². The SMILES string of the molecule is CCNC(=NCC(O)c1cccc(OC)c1)NC1CCN(S(=O)(=O)CC)CC1. The van der Waals surface area contributed by atoms with Gasteiger partial charge < -0.3 is 20.5 Å². The van der Waals surface area contributed by atoms with Gasteiger partial charge in [-0.2, -0.15) is 0 Å². The second kappa shape index (κ2) is 10.6. The molecule has 0 saturated carbocycles. The lowest BCUT2D eigenvalue weighted by molar-refractivity contribution is 0.186. The van der Waals surface area contributed by atoms with Crippen LogP contribution in [0.5, 0.6) is 5.75 Å². The van der Waals surface area contributed by atoms with Crippen LogP contribution in [0.2, 0.25) is 0 Å². The molecule has 158 valence electrons. The van der Waals surface area contributed by atoms with E-state index in [1.165, 1.54) is 0 Å². The Labute approximate surface area is 168 Å². The predicted molar refractivity (Wildman–Crippen MR) is 111 cm³/mol. The topological polar surface area (TPSA) is 103 Å². The third kappa shape index (κ3) is 6.35. The number of ether oxygens (including phenoxy) is 1. The fraction of sp³-hybridized carbons (Fsp3) is 0.632. The van der Waals surface area contributed by atoms with E-state index >= 15 is 0 Å². The number of guanidine groups is 1. The van der Waals surface area contributed by atoms with Gasteiger partial charge in [-0.3, -0.25) is 4.99 Å². The number of rotatable bonds is 8. The molecule has 3 N–H and O–H groups in total. The van der Waals surface area contributed by atoms with Crippen molar-refractivity contribution in [3.05, 3.63) is 29.8 Å². The minimum absolute atomic E-state index is 0.136. The van der Waals surface area contributed by atoms with Crippen molar-refractivity contribution in [3.63, 3.8) is 0 Å². The number of aliphatic hydroxyl groups is 1. The number of aliphatic hydroxyl groups excluding tert-OH is 1. The average molecular weight is 413 g/mol. The van der Waals surface area contributed by atoms with Crippen LogP contribution in [0.3, 0.4) is 0 Å². The van der Waals surface area contributed by atoms with Crippen LogP contribution in [0.1, 0.15) is 38.4 Å². The van der Waals surface area contributed by atoms with E-state index in [1.807, 2.05) is 25.1 Å². The fourth-order valence-electron chi connectivity index (χ4n) is 3.11. The van der Waals surface area contributed by atoms with Gasteiger partial charge in [-0.15, -0.1) is 0 Å². The summed E-state index contributed by atoms with van der Waals surface area (Å²) in [6, 6.07) is 7.45. The van der Waals surface area contributed by atoms with Gasteiger partial charge in [-0.05, 0) is 44.4 Å². The summed E-state index contributed by atoms with van der Waals surface area (Å²) in [6.45, 7) is 5.59. The molecule has 1 aliphatic rings. The van der Waals surface area contributed by atoms with Crippen LogP contribution in [0, 0.1) is 0 Å². The van der Waals surface area contributed by atoms with Crippen molar-refractivity contribution in [2.45, 2.75) is 38.8 Å². The predicted octanol–water partition coefficient (Wildman–Crippen LogP) is 1.10. The molecule has 1 atom stereocenters. The first-order valence-corrected chi connectivity index (χ1v) is 11.3. The van der Waals surface area contributed by atoms with Crippen LogP contribution in [0.4, 0.5) is 0 Å². The van der Waals surface area contributed by atoms with Crippen molar-refractivity contribution in [1.29, 1.82) is 0 Å². The molecular weight excluding hydrogens is 380 g/mol. The van der Waals surface area contributed by atoms with Crippen LogP contribution < -0.4 is 15.4 Å². The molecule has 1 unspecified atom stereocenters. The summed E-state index contributed by atoms with van der Waals surface area (Å²) in [4.78, 5) is 4.50. The summed E-state index contributed by atoms with van der Waals surface area (Å²) in [6.07, 6.45) is 0.714. The second-order valence-electron chi connectivity index (χ2n) is 6.73. The summed E-state index contributed by atoms with van der Waals surface area (Å²) in [5.41, 5.74) is 0.747. The number of piperidine rings is 1. The summed E-state index contributed by atoms with van der Waals surface area (Å²) < 4.78 is 30.7. The maximum atomic E-state index is 12.0. The van der Waals surface area contributed by atoms with Gasteiger partial charge in [0.2, 0.25) is 10.0 Å². The highest BCUT2D eigenvalue weighted by Gasteiger charge is 2.27. The Morgan fingerprint density at radius 1 is 1.36 bits per heavy atom. The van der Waals surface area contributed by atoms with E-state index in [1.54, 1.807) is 24.4 Å². The third-order valence-electron chi connectivity index (χ3n) is 4.80. The first-order valence-electron chi connectivity index (χ1n) is 9.74. The minimum Gasteiger partial charge on any atom is -0.497 e. The van der Waals surface area contributed by atoms with Crippen LogP contribution >= 0.6 is 0 Å². The molecule has 0 bridgehead atoms. The zero-order valence-corrected chi connectivity index (χ0v) is 17.7. The standard InChI is InChI=1S/C19H32N4O4S/c1-4-20-19(21-14-18(24)15-7-6-8-17(13-15)27-3)22-16-9-11-23(12-10-16)28(25,26)5-2/h6-8,13,16,18,24H,4-5,9-12,14H2,1-3H3,(H2,20,21,22). The largest absolute Gasteiger partial charge is 0.497 e. The quantitative estimate of drug-likeness (QED) is 0.436. The lowest BCUT2D eigenvalue weighted by Gasteiger charge is -2.32. The smallest absolute Gasteiger partial charge is 0.213 e. The number of hydrogen-bond acceptors (Lipinski definition) is 5. The Kier molecular flexibility index (Phi) is 8.53. The lowest BCUT2D eigenvalue weighted by atomic mass is 10.1. The molecule has 0 aromatic heterocycles. The summed E-state index contributed by atoms with van der Waals surface area (Å²) >= 11 is 0. The molecule has 8 nitrogen and oxygen atoms in total. The van der Waals surface area contributed by atoms with Crippen molar-refractivity contribution in [3.8, 4) is 5.75 Å². The molecule has 2 rings (SSSR count). The van der Waals surface area contributed by atoms with Gasteiger partial charge >= 0.3 is 0 Å². The first-order chi connectivity index (χ1) is 13.4. The molecule has 1 aromatic carbocycles. The molecule has 0 spiro atoms. The molecular formula is C19H32N4O4S. The van der Waals surface area contributed by atoms with Crippen LogP contribution in [-0.4, -0.2) is 68.9 Å². The molecule has 9 heteroatoms. The van der Waals surface area contributed by atoms with E-state index in [2.05, 4.69) is 15.6 Å². The molecule has 1 fully saturated rings. The van der Waals surface area contributed by atoms with E-state index in [0.29, 0.717) is 31.3 Å². The first kappa shape index (κ1) is 22.4. The number of hydrogen-bond donors (Lipinski definition) is 3. The van der Waals surface area contributed by atoms with E-state index in [9.17, 15) is 13.5 Å². The lowest BCUT2D eigenvalue weighted by Crippen LogP contribution is -2.50. The molecule has 0 aliphatic carbocycles. The monoisotopic (exact) mass is 412 g/mol. The highest BCUT2D eigenvalue weighted by atomic mass is 32.2. The summed E-state index contributed by atoms with van der Waals surface area (Å²) in [5, 5.41) is 17.0. The van der Waals surface area contributed by atoms with E-state index < -0.39 is 16.1 Å². The van der Waals surface area contributed by atoms with Crippen molar-refractivity contribution in [2.75, 3.05) is 39.0 Å². The zero-order valence-electron chi connectivity index (χ0n) is 16.9. The second-order valence-corrected chi connectivity index (χ2v) is 8.99. The van der Waals surface area contributed by atoms with Crippen LogP contribution in [0.25, 0.3) is 0 Å². The van der Waals surface area contributed by atoms with Gasteiger partial charge in [0.25, 0.3) is 0 Å². The van der Waals surface area contributed by atoms with Gasteiger partial charge in [-0.1, -0.05) is 12.1 Å². The minimum atomic E-state index is -3.12. The van der Waals surface area contributed by atoms with E-state index in [-0.39, 0.29) is 18.3 Å². The number of aliphatic imine (C=N–C) groups is 1. The number of sulfonamides is 1. The molecule has 1 aliphatic heterocycles. The Balaban J connectivity index is 1.93. The molecule has 1 saturated heterocycles. The van der Waals surface area contributed by atoms with Crippen molar-refractivity contribution in [1.82, 2.24) is 14.9 Å². The molecule has 0 radical (unpaired) electrons. The third-order valence-corrected chi connectivity index (χ3v) is 6.68. The van der Waals surface area contributed by atoms with Crippen molar-refractivity contribution >= 4 is 16.0 Å². The Hall–Kier alpha value is -1.84. The molecule has 1 heterocycles. The Bertz CT molecular complexity index is 746. The van der Waals surface area contributed by atoms with Crippen LogP contribution in [0.15, 0.2) is 29.3 Å². The van der Waals surface area contributed by atoms with Crippen molar-refractivity contribution in [2.24, 2.45) is 4.99 Å². The molecule has 1 aromatic rings. The van der Waals surface area contributed by atoms with Gasteiger partial charge in [-0.25, -0.2) is 12.7 Å². The highest BCUT2D eigenvalue weighted by Crippen LogP contribution is 2.19. The Morgan fingerprint density at radius 3 is 2.68 bits per heavy atom. The van der Waals surface area contributed by atoms with Crippen LogP contribution in [-0.2, 0) is 10.0 Å². The summed E-state index contributed by atoms with van der Waals surface area (Å²) in [5.74, 6) is 1.46. The van der Waals surface area contributed by atoms with Gasteiger partial charge in [0.05, 0.1) is 25.5 Å². The highest BCUT2D eigenvalue weighted by molar-refractivity contribution is 7.89. The maximum Gasteiger partial charge on any atom is 0.213 e. The van der Waals surface area contributed by atoms with Gasteiger partial charge in [0, 0.05) is 25.7 Å². The molecule has 0 amide bonds. The van der Waals surface area contributed by atoms with Gasteiger partial charge in [0.1, 0.15) is 5.75 Å². The number of nitrogens with zero attached hydrogens (tertiary/aromatic N) is 2.